The molecule has 0 aliphatic carbocycles. The van der Waals surface area contributed by atoms with Crippen LogP contribution in [0, 0.1) is 0 Å². The number of benzene rings is 2. The SMILES string of the molecule is CC(Sc1nnc(-c2ccccc2)n1Cc1ccccc1)C(=O)N1CCCC1. The molecule has 144 valence electrons. The maximum Gasteiger partial charge on any atom is 0.235 e. The van der Waals surface area contributed by atoms with Gasteiger partial charge < -0.3 is 4.90 Å². The summed E-state index contributed by atoms with van der Waals surface area (Å²) in [5, 5.41) is 9.50. The Labute approximate surface area is 169 Å². The van der Waals surface area contributed by atoms with Crippen molar-refractivity contribution in [3.05, 3.63) is 66.2 Å². The third-order valence-electron chi connectivity index (χ3n) is 4.98. The van der Waals surface area contributed by atoms with E-state index in [1.807, 2.05) is 60.4 Å². The molecule has 2 heterocycles. The van der Waals surface area contributed by atoms with Crippen LogP contribution >= 0.6 is 11.8 Å². The van der Waals surface area contributed by atoms with Crippen LogP contribution in [0.1, 0.15) is 25.3 Å². The highest BCUT2D eigenvalue weighted by atomic mass is 32.2. The number of aromatic nitrogens is 3. The lowest BCUT2D eigenvalue weighted by atomic mass is 10.2. The van der Waals surface area contributed by atoms with Crippen LogP contribution in [0.3, 0.4) is 0 Å². The molecule has 1 fully saturated rings. The molecule has 4 rings (SSSR count). The summed E-state index contributed by atoms with van der Waals surface area (Å²) in [4.78, 5) is 14.7. The maximum absolute atomic E-state index is 12.7. The van der Waals surface area contributed by atoms with Gasteiger partial charge in [0.1, 0.15) is 0 Å². The van der Waals surface area contributed by atoms with Gasteiger partial charge >= 0.3 is 0 Å². The molecule has 1 unspecified atom stereocenters. The molecule has 1 aliphatic heterocycles. The quantitative estimate of drug-likeness (QED) is 0.593. The predicted molar refractivity (Wildman–Crippen MR) is 112 cm³/mol. The van der Waals surface area contributed by atoms with E-state index in [2.05, 4.69) is 26.9 Å². The lowest BCUT2D eigenvalue weighted by Crippen LogP contribution is -2.34. The summed E-state index contributed by atoms with van der Waals surface area (Å²) < 4.78 is 2.11. The molecule has 3 aromatic rings. The number of hydrogen-bond donors (Lipinski definition) is 0. The van der Waals surface area contributed by atoms with Gasteiger partial charge in [-0.15, -0.1) is 10.2 Å². The van der Waals surface area contributed by atoms with E-state index in [9.17, 15) is 4.79 Å². The number of thioether (sulfide) groups is 1. The molecule has 0 radical (unpaired) electrons. The molecule has 28 heavy (non-hydrogen) atoms. The summed E-state index contributed by atoms with van der Waals surface area (Å²) >= 11 is 1.50. The topological polar surface area (TPSA) is 51.0 Å². The Morgan fingerprint density at radius 1 is 1.00 bits per heavy atom. The number of carbonyl (C=O) groups is 1. The highest BCUT2D eigenvalue weighted by Crippen LogP contribution is 2.29. The molecular formula is C22H24N4OS. The standard InChI is InChI=1S/C22H24N4OS/c1-17(21(27)25-14-8-9-15-25)28-22-24-23-20(19-12-6-3-7-13-19)26(22)16-18-10-4-2-5-11-18/h2-7,10-13,17H,8-9,14-16H2,1H3. The lowest BCUT2D eigenvalue weighted by molar-refractivity contribution is -0.129. The molecule has 0 bridgehead atoms. The van der Waals surface area contributed by atoms with Crippen LogP contribution in [0.5, 0.6) is 0 Å². The number of hydrogen-bond acceptors (Lipinski definition) is 4. The zero-order valence-electron chi connectivity index (χ0n) is 16.0. The zero-order chi connectivity index (χ0) is 19.3. The minimum Gasteiger partial charge on any atom is -0.342 e. The van der Waals surface area contributed by atoms with E-state index in [0.29, 0.717) is 6.54 Å². The summed E-state index contributed by atoms with van der Waals surface area (Å²) in [6, 6.07) is 20.4. The third-order valence-corrected chi connectivity index (χ3v) is 6.05. The van der Waals surface area contributed by atoms with Crippen molar-refractivity contribution in [3.8, 4) is 11.4 Å². The second kappa shape index (κ2) is 8.61. The number of likely N-dealkylation sites (tertiary alicyclic amines) is 1. The van der Waals surface area contributed by atoms with Crippen molar-refractivity contribution < 1.29 is 4.79 Å². The van der Waals surface area contributed by atoms with Crippen molar-refractivity contribution in [3.63, 3.8) is 0 Å². The maximum atomic E-state index is 12.7. The molecular weight excluding hydrogens is 368 g/mol. The third kappa shape index (κ3) is 4.12. The number of carbonyl (C=O) groups excluding carboxylic acids is 1. The smallest absolute Gasteiger partial charge is 0.235 e. The highest BCUT2D eigenvalue weighted by Gasteiger charge is 2.26. The first kappa shape index (κ1) is 18.7. The van der Waals surface area contributed by atoms with Crippen molar-refractivity contribution in [2.75, 3.05) is 13.1 Å². The number of rotatable bonds is 6. The van der Waals surface area contributed by atoms with E-state index in [0.717, 1.165) is 42.5 Å². The number of nitrogens with zero attached hydrogens (tertiary/aromatic N) is 4. The molecule has 5 nitrogen and oxygen atoms in total. The molecule has 1 saturated heterocycles. The van der Waals surface area contributed by atoms with Gasteiger partial charge in [-0.25, -0.2) is 0 Å². The van der Waals surface area contributed by atoms with Crippen molar-refractivity contribution in [2.45, 2.75) is 36.7 Å². The Bertz CT molecular complexity index is 920. The summed E-state index contributed by atoms with van der Waals surface area (Å²) in [6.45, 7) is 4.38. The molecule has 2 aromatic carbocycles. The van der Waals surface area contributed by atoms with Gasteiger partial charge in [-0.1, -0.05) is 72.4 Å². The van der Waals surface area contributed by atoms with Crippen LogP contribution in [0.2, 0.25) is 0 Å². The van der Waals surface area contributed by atoms with Gasteiger partial charge in [-0.2, -0.15) is 0 Å². The average Bonchev–Trinajstić information content (AvgIpc) is 3.40. The van der Waals surface area contributed by atoms with Crippen molar-refractivity contribution in [1.29, 1.82) is 0 Å². The fourth-order valence-electron chi connectivity index (χ4n) is 3.49. The molecule has 1 aliphatic rings. The molecule has 1 atom stereocenters. The van der Waals surface area contributed by atoms with E-state index in [1.165, 1.54) is 17.3 Å². The molecule has 6 heteroatoms. The summed E-state index contributed by atoms with van der Waals surface area (Å²) in [5.74, 6) is 1.02. The van der Waals surface area contributed by atoms with E-state index >= 15 is 0 Å². The van der Waals surface area contributed by atoms with Crippen molar-refractivity contribution in [2.24, 2.45) is 0 Å². The van der Waals surface area contributed by atoms with Gasteiger partial charge in [0.15, 0.2) is 11.0 Å². The minimum absolute atomic E-state index is 0.180. The van der Waals surface area contributed by atoms with Crippen LogP contribution in [0.4, 0.5) is 0 Å². The molecule has 0 spiro atoms. The average molecular weight is 393 g/mol. The highest BCUT2D eigenvalue weighted by molar-refractivity contribution is 8.00. The fraction of sp³-hybridized carbons (Fsp3) is 0.318. The van der Waals surface area contributed by atoms with E-state index in [-0.39, 0.29) is 11.2 Å². The van der Waals surface area contributed by atoms with Crippen LogP contribution in [0.25, 0.3) is 11.4 Å². The fourth-order valence-corrected chi connectivity index (χ4v) is 4.42. The largest absolute Gasteiger partial charge is 0.342 e. The van der Waals surface area contributed by atoms with Gasteiger partial charge in [0.25, 0.3) is 0 Å². The number of amides is 1. The summed E-state index contributed by atoms with van der Waals surface area (Å²) in [6.07, 6.45) is 2.21. The summed E-state index contributed by atoms with van der Waals surface area (Å²) in [5.41, 5.74) is 2.20. The van der Waals surface area contributed by atoms with Gasteiger partial charge in [0.2, 0.25) is 5.91 Å². The van der Waals surface area contributed by atoms with Crippen molar-refractivity contribution in [1.82, 2.24) is 19.7 Å². The van der Waals surface area contributed by atoms with Gasteiger partial charge in [0, 0.05) is 18.7 Å². The lowest BCUT2D eigenvalue weighted by Gasteiger charge is -2.20. The van der Waals surface area contributed by atoms with E-state index < -0.39 is 0 Å². The Morgan fingerprint density at radius 2 is 1.64 bits per heavy atom. The molecule has 0 N–H and O–H groups in total. The molecule has 0 saturated carbocycles. The second-order valence-electron chi connectivity index (χ2n) is 7.04. The van der Waals surface area contributed by atoms with Crippen LogP contribution < -0.4 is 0 Å². The van der Waals surface area contributed by atoms with Crippen LogP contribution in [-0.4, -0.2) is 43.9 Å². The normalized spacial score (nSPS) is 15.0. The first-order valence-corrected chi connectivity index (χ1v) is 10.6. The van der Waals surface area contributed by atoms with Crippen LogP contribution in [-0.2, 0) is 11.3 Å². The predicted octanol–water partition coefficient (Wildman–Crippen LogP) is 4.10. The van der Waals surface area contributed by atoms with Gasteiger partial charge in [-0.3, -0.25) is 9.36 Å². The Morgan fingerprint density at radius 3 is 2.32 bits per heavy atom. The van der Waals surface area contributed by atoms with Crippen molar-refractivity contribution >= 4 is 17.7 Å². The Balaban J connectivity index is 1.62. The summed E-state index contributed by atoms with van der Waals surface area (Å²) in [7, 11) is 0. The second-order valence-corrected chi connectivity index (χ2v) is 8.34. The van der Waals surface area contributed by atoms with Gasteiger partial charge in [0.05, 0.1) is 11.8 Å². The molecule has 1 amide bonds. The monoisotopic (exact) mass is 392 g/mol. The minimum atomic E-state index is -0.180. The van der Waals surface area contributed by atoms with E-state index in [4.69, 9.17) is 0 Å². The van der Waals surface area contributed by atoms with E-state index in [1.54, 1.807) is 0 Å². The van der Waals surface area contributed by atoms with Gasteiger partial charge in [-0.05, 0) is 25.3 Å². The van der Waals surface area contributed by atoms with Crippen LogP contribution in [0.15, 0.2) is 65.8 Å². The Hall–Kier alpha value is -2.60. The zero-order valence-corrected chi connectivity index (χ0v) is 16.8. The first-order chi connectivity index (χ1) is 13.7. The molecule has 1 aromatic heterocycles. The Kier molecular flexibility index (Phi) is 5.76. The first-order valence-electron chi connectivity index (χ1n) is 9.70.